The number of hydrogen-bond acceptors (Lipinski definition) is 1. The smallest absolute Gasteiger partial charge is 0.226 e. The summed E-state index contributed by atoms with van der Waals surface area (Å²) in [6.07, 6.45) is 5.81. The summed E-state index contributed by atoms with van der Waals surface area (Å²) in [5.41, 5.74) is 6.13. The number of imidazole rings is 1. The number of pyridine rings is 1. The van der Waals surface area contributed by atoms with Crippen molar-refractivity contribution < 1.29 is 4.57 Å². The van der Waals surface area contributed by atoms with Gasteiger partial charge in [-0.3, -0.25) is 0 Å². The van der Waals surface area contributed by atoms with E-state index in [1.54, 1.807) is 0 Å². The number of para-hydroxylation sites is 1. The van der Waals surface area contributed by atoms with Gasteiger partial charge in [0.15, 0.2) is 5.52 Å². The highest BCUT2D eigenvalue weighted by Crippen LogP contribution is 2.23. The summed E-state index contributed by atoms with van der Waals surface area (Å²) in [6.45, 7) is 14.2. The lowest BCUT2D eigenvalue weighted by molar-refractivity contribution is -0.691. The van der Waals surface area contributed by atoms with Crippen molar-refractivity contribution in [1.82, 2.24) is 9.55 Å². The largest absolute Gasteiger partial charge is 0.274 e. The zero-order valence-electron chi connectivity index (χ0n) is 15.1. The zero-order valence-corrected chi connectivity index (χ0v) is 15.1. The molecule has 25 heavy (non-hydrogen) atoms. The highest BCUT2D eigenvalue weighted by atomic mass is 15.2. The third-order valence-electron chi connectivity index (χ3n) is 4.40. The molecule has 2 aromatic heterocycles. The number of rotatable bonds is 5. The summed E-state index contributed by atoms with van der Waals surface area (Å²) >= 11 is 0. The summed E-state index contributed by atoms with van der Waals surface area (Å²) in [5, 5.41) is 0. The molecule has 3 aromatic rings. The van der Waals surface area contributed by atoms with Crippen LogP contribution in [0, 0.1) is 0 Å². The first-order chi connectivity index (χ1) is 12.1. The minimum absolute atomic E-state index is 0.351. The van der Waals surface area contributed by atoms with Crippen molar-refractivity contribution in [3.63, 3.8) is 0 Å². The van der Waals surface area contributed by atoms with Gasteiger partial charge in [0.05, 0.1) is 11.7 Å². The number of fused-ring (bicyclic) bond motifs is 1. The molecule has 0 N–H and O–H groups in total. The van der Waals surface area contributed by atoms with E-state index in [1.807, 2.05) is 37.3 Å². The van der Waals surface area contributed by atoms with Crippen molar-refractivity contribution in [2.24, 2.45) is 0 Å². The predicted molar refractivity (Wildman–Crippen MR) is 105 cm³/mol. The minimum Gasteiger partial charge on any atom is -0.226 e. The molecule has 0 bridgehead atoms. The Morgan fingerprint density at radius 2 is 1.80 bits per heavy atom. The second kappa shape index (κ2) is 6.89. The van der Waals surface area contributed by atoms with E-state index < -0.39 is 0 Å². The van der Waals surface area contributed by atoms with Gasteiger partial charge in [-0.05, 0) is 50.6 Å². The second-order valence-corrected chi connectivity index (χ2v) is 6.37. The molecule has 0 amide bonds. The molecule has 2 heterocycles. The van der Waals surface area contributed by atoms with Crippen LogP contribution in [0.3, 0.4) is 0 Å². The Morgan fingerprint density at radius 1 is 1.08 bits per heavy atom. The standard InChI is InChI=1S/C22H24N3/c1-6-17(5)19(7-2)20-13-14-21-22(23-20)25(15-24(21)16(3)4)18-11-9-8-10-12-18/h6-16H,1-2H2,3-5H3/q+1. The van der Waals surface area contributed by atoms with Gasteiger partial charge in [-0.1, -0.05) is 43.5 Å². The Kier molecular flexibility index (Phi) is 4.66. The van der Waals surface area contributed by atoms with Crippen molar-refractivity contribution >= 4 is 16.7 Å². The number of allylic oxidation sites excluding steroid dienone is 4. The Bertz CT molecular complexity index is 960. The molecule has 0 radical (unpaired) electrons. The number of benzene rings is 1. The van der Waals surface area contributed by atoms with Gasteiger partial charge in [0.2, 0.25) is 0 Å². The van der Waals surface area contributed by atoms with Crippen LogP contribution < -0.4 is 4.57 Å². The van der Waals surface area contributed by atoms with Crippen molar-refractivity contribution in [1.29, 1.82) is 0 Å². The van der Waals surface area contributed by atoms with Crippen LogP contribution in [0.15, 0.2) is 79.7 Å². The molecule has 3 heteroatoms. The molecular formula is C22H24N3+. The van der Waals surface area contributed by atoms with Crippen LogP contribution in [0.25, 0.3) is 22.4 Å². The van der Waals surface area contributed by atoms with Gasteiger partial charge < -0.3 is 0 Å². The van der Waals surface area contributed by atoms with Gasteiger partial charge in [-0.25, -0.2) is 9.55 Å². The lowest BCUT2D eigenvalue weighted by Gasteiger charge is -2.05. The molecule has 0 fully saturated rings. The summed E-state index contributed by atoms with van der Waals surface area (Å²) in [7, 11) is 0. The SMILES string of the molecule is C=CC(C)=C(C=C)c1ccc2c(n1)n(-c1ccccc1)c[n+]2C(C)C. The highest BCUT2D eigenvalue weighted by Gasteiger charge is 2.21. The maximum absolute atomic E-state index is 4.96. The first-order valence-corrected chi connectivity index (χ1v) is 8.51. The van der Waals surface area contributed by atoms with Crippen LogP contribution in [0.2, 0.25) is 0 Å². The topological polar surface area (TPSA) is 21.7 Å². The maximum atomic E-state index is 4.96. The molecule has 0 saturated carbocycles. The molecule has 0 aliphatic heterocycles. The molecular weight excluding hydrogens is 306 g/mol. The van der Waals surface area contributed by atoms with Crippen molar-refractivity contribution in [2.45, 2.75) is 26.8 Å². The fourth-order valence-electron chi connectivity index (χ4n) is 2.98. The van der Waals surface area contributed by atoms with E-state index in [2.05, 4.69) is 66.7 Å². The highest BCUT2D eigenvalue weighted by molar-refractivity contribution is 5.80. The van der Waals surface area contributed by atoms with E-state index in [1.165, 1.54) is 0 Å². The van der Waals surface area contributed by atoms with Crippen LogP contribution in [-0.2, 0) is 0 Å². The fourth-order valence-corrected chi connectivity index (χ4v) is 2.98. The van der Waals surface area contributed by atoms with E-state index >= 15 is 0 Å². The summed E-state index contributed by atoms with van der Waals surface area (Å²) in [4.78, 5) is 4.96. The molecule has 1 aromatic carbocycles. The normalized spacial score (nSPS) is 12.3. The number of hydrogen-bond donors (Lipinski definition) is 0. The third kappa shape index (κ3) is 3.05. The third-order valence-corrected chi connectivity index (χ3v) is 4.40. The molecule has 3 rings (SSSR count). The van der Waals surface area contributed by atoms with Crippen LogP contribution in [0.4, 0.5) is 0 Å². The lowest BCUT2D eigenvalue weighted by Crippen LogP contribution is -2.34. The average molecular weight is 330 g/mol. The van der Waals surface area contributed by atoms with Gasteiger partial charge >= 0.3 is 0 Å². The monoisotopic (exact) mass is 330 g/mol. The van der Waals surface area contributed by atoms with E-state index in [0.29, 0.717) is 6.04 Å². The van der Waals surface area contributed by atoms with Crippen LogP contribution in [0.5, 0.6) is 0 Å². The maximum Gasteiger partial charge on any atom is 0.274 e. The fraction of sp³-hybridized carbons (Fsp3) is 0.182. The molecule has 0 spiro atoms. The predicted octanol–water partition coefficient (Wildman–Crippen LogP) is 5.04. The lowest BCUT2D eigenvalue weighted by atomic mass is 10.1. The van der Waals surface area contributed by atoms with E-state index in [9.17, 15) is 0 Å². The Hall–Kier alpha value is -2.94. The number of aromatic nitrogens is 3. The van der Waals surface area contributed by atoms with Crippen molar-refractivity contribution in [3.05, 3.63) is 85.4 Å². The molecule has 0 aliphatic rings. The zero-order chi connectivity index (χ0) is 18.0. The average Bonchev–Trinajstić information content (AvgIpc) is 3.02. The molecule has 3 nitrogen and oxygen atoms in total. The molecule has 0 unspecified atom stereocenters. The van der Waals surface area contributed by atoms with Gasteiger partial charge in [0.25, 0.3) is 12.0 Å². The molecule has 0 aliphatic carbocycles. The molecule has 0 saturated heterocycles. The number of nitrogens with zero attached hydrogens (tertiary/aromatic N) is 3. The van der Waals surface area contributed by atoms with Crippen LogP contribution in [-0.4, -0.2) is 9.55 Å². The van der Waals surface area contributed by atoms with Crippen molar-refractivity contribution in [3.8, 4) is 5.69 Å². The Morgan fingerprint density at radius 3 is 2.40 bits per heavy atom. The summed E-state index contributed by atoms with van der Waals surface area (Å²) in [5.74, 6) is 0. The second-order valence-electron chi connectivity index (χ2n) is 6.37. The summed E-state index contributed by atoms with van der Waals surface area (Å²) < 4.78 is 4.39. The van der Waals surface area contributed by atoms with E-state index in [4.69, 9.17) is 4.98 Å². The summed E-state index contributed by atoms with van der Waals surface area (Å²) in [6, 6.07) is 14.8. The first kappa shape index (κ1) is 16.9. The van der Waals surface area contributed by atoms with Gasteiger partial charge in [0.1, 0.15) is 5.69 Å². The molecule has 126 valence electrons. The Balaban J connectivity index is 2.31. The van der Waals surface area contributed by atoms with Gasteiger partial charge in [-0.2, -0.15) is 4.57 Å². The first-order valence-electron chi connectivity index (χ1n) is 8.51. The quantitative estimate of drug-likeness (QED) is 0.474. The van der Waals surface area contributed by atoms with E-state index in [-0.39, 0.29) is 0 Å². The van der Waals surface area contributed by atoms with Crippen molar-refractivity contribution in [2.75, 3.05) is 0 Å². The Labute approximate surface area is 149 Å². The van der Waals surface area contributed by atoms with Gasteiger partial charge in [-0.15, -0.1) is 0 Å². The van der Waals surface area contributed by atoms with Gasteiger partial charge in [0, 0.05) is 5.57 Å². The van der Waals surface area contributed by atoms with Crippen LogP contribution in [0.1, 0.15) is 32.5 Å². The van der Waals surface area contributed by atoms with E-state index in [0.717, 1.165) is 33.7 Å². The minimum atomic E-state index is 0.351. The van der Waals surface area contributed by atoms with Crippen LogP contribution >= 0.6 is 0 Å². The molecule has 0 atom stereocenters.